The van der Waals surface area contributed by atoms with Crippen molar-refractivity contribution >= 4 is 10.0 Å². The molecule has 1 heterocycles. The Bertz CT molecular complexity index is 439. The summed E-state index contributed by atoms with van der Waals surface area (Å²) in [5.41, 5.74) is 0. The smallest absolute Gasteiger partial charge is 0.281 e. The summed E-state index contributed by atoms with van der Waals surface area (Å²) in [6.07, 6.45) is 2.44. The van der Waals surface area contributed by atoms with Crippen LogP contribution >= 0.6 is 0 Å². The van der Waals surface area contributed by atoms with Gasteiger partial charge in [-0.15, -0.1) is 0 Å². The summed E-state index contributed by atoms with van der Waals surface area (Å²) in [5, 5.41) is -0.00750. The summed E-state index contributed by atoms with van der Waals surface area (Å²) in [4.78, 5) is 10.7. The average Bonchev–Trinajstić information content (AvgIpc) is 2.59. The van der Waals surface area contributed by atoms with E-state index in [1.807, 2.05) is 11.8 Å². The zero-order valence-electron chi connectivity index (χ0n) is 9.73. The van der Waals surface area contributed by atoms with Gasteiger partial charge in [-0.25, -0.2) is 13.4 Å². The lowest BCUT2D eigenvalue weighted by atomic mass is 10.5. The molecule has 0 radical (unpaired) electrons. The third kappa shape index (κ3) is 3.03. The molecule has 0 spiro atoms. The Labute approximate surface area is 95.6 Å². The lowest BCUT2D eigenvalue weighted by molar-refractivity contribution is 0.105. The third-order valence-corrected chi connectivity index (χ3v) is 3.09. The highest BCUT2D eigenvalue weighted by atomic mass is 32.2. The van der Waals surface area contributed by atoms with E-state index < -0.39 is 10.0 Å². The molecule has 0 aromatic carbocycles. The topological polar surface area (TPSA) is 73.2 Å². The molecule has 6 nitrogen and oxygen atoms in total. The maximum absolute atomic E-state index is 11.6. The Morgan fingerprint density at radius 2 is 2.19 bits per heavy atom. The van der Waals surface area contributed by atoms with E-state index in [-0.39, 0.29) is 11.6 Å². The molecule has 0 aliphatic carbocycles. The number of rotatable bonds is 6. The van der Waals surface area contributed by atoms with Crippen molar-refractivity contribution in [2.24, 2.45) is 0 Å². The normalized spacial score (nSPS) is 11.9. The number of hydrogen-bond donors (Lipinski definition) is 1. The van der Waals surface area contributed by atoms with E-state index >= 15 is 0 Å². The number of nitrogens with one attached hydrogen (secondary N) is 1. The highest BCUT2D eigenvalue weighted by molar-refractivity contribution is 7.89. The first-order valence-corrected chi connectivity index (χ1v) is 6.67. The molecule has 0 atom stereocenters. The van der Waals surface area contributed by atoms with Gasteiger partial charge in [0.05, 0.1) is 6.61 Å². The molecule has 92 valence electrons. The SMILES string of the molecule is CCCn1cc(S(=O)(=O)NOCC)nc1C. The number of hydrogen-bond acceptors (Lipinski definition) is 4. The van der Waals surface area contributed by atoms with Gasteiger partial charge in [-0.1, -0.05) is 11.8 Å². The maximum atomic E-state index is 11.6. The Morgan fingerprint density at radius 1 is 1.50 bits per heavy atom. The monoisotopic (exact) mass is 247 g/mol. The lowest BCUT2D eigenvalue weighted by Gasteiger charge is -2.01. The van der Waals surface area contributed by atoms with Crippen LogP contribution in [0, 0.1) is 6.92 Å². The first kappa shape index (κ1) is 13.1. The van der Waals surface area contributed by atoms with E-state index in [0.29, 0.717) is 5.82 Å². The molecule has 1 aromatic heterocycles. The van der Waals surface area contributed by atoms with Crippen LogP contribution in [0.15, 0.2) is 11.2 Å². The zero-order chi connectivity index (χ0) is 12.2. The van der Waals surface area contributed by atoms with Gasteiger partial charge < -0.3 is 4.57 Å². The first-order chi connectivity index (χ1) is 7.51. The molecular weight excluding hydrogens is 230 g/mol. The van der Waals surface area contributed by atoms with Gasteiger partial charge >= 0.3 is 0 Å². The van der Waals surface area contributed by atoms with Crippen LogP contribution in [0.4, 0.5) is 0 Å². The predicted molar refractivity (Wildman–Crippen MR) is 59.2 cm³/mol. The van der Waals surface area contributed by atoms with E-state index in [4.69, 9.17) is 0 Å². The summed E-state index contributed by atoms with van der Waals surface area (Å²) in [6.45, 7) is 6.52. The van der Waals surface area contributed by atoms with E-state index in [0.717, 1.165) is 13.0 Å². The molecule has 1 rings (SSSR count). The van der Waals surface area contributed by atoms with Crippen LogP contribution in [-0.2, 0) is 21.4 Å². The first-order valence-electron chi connectivity index (χ1n) is 5.18. The minimum absolute atomic E-state index is 0.00750. The summed E-state index contributed by atoms with van der Waals surface area (Å²) < 4.78 is 25.1. The Hall–Kier alpha value is -0.920. The Morgan fingerprint density at radius 3 is 2.75 bits per heavy atom. The number of nitrogens with zero attached hydrogens (tertiary/aromatic N) is 2. The van der Waals surface area contributed by atoms with Gasteiger partial charge in [-0.2, -0.15) is 0 Å². The van der Waals surface area contributed by atoms with Crippen molar-refractivity contribution in [1.29, 1.82) is 0 Å². The Kier molecular flexibility index (Phi) is 4.45. The quantitative estimate of drug-likeness (QED) is 0.756. The van der Waals surface area contributed by atoms with Crippen molar-refractivity contribution in [3.63, 3.8) is 0 Å². The molecule has 16 heavy (non-hydrogen) atoms. The molecular formula is C9H17N3O3S. The second-order valence-electron chi connectivity index (χ2n) is 3.34. The average molecular weight is 247 g/mol. The van der Waals surface area contributed by atoms with Crippen LogP contribution in [0.2, 0.25) is 0 Å². The standard InChI is InChI=1S/C9H17N3O3S/c1-4-6-12-7-9(10-8(12)3)16(13,14)11-15-5-2/h7,11H,4-6H2,1-3H3. The van der Waals surface area contributed by atoms with E-state index in [2.05, 4.69) is 9.82 Å². The fourth-order valence-corrected chi connectivity index (χ4v) is 2.13. The van der Waals surface area contributed by atoms with Gasteiger partial charge in [0.1, 0.15) is 5.82 Å². The van der Waals surface area contributed by atoms with Gasteiger partial charge in [0.15, 0.2) is 5.03 Å². The van der Waals surface area contributed by atoms with Gasteiger partial charge in [0.2, 0.25) is 0 Å². The lowest BCUT2D eigenvalue weighted by Crippen LogP contribution is -2.24. The van der Waals surface area contributed by atoms with E-state index in [1.54, 1.807) is 18.4 Å². The van der Waals surface area contributed by atoms with Crippen LogP contribution in [0.5, 0.6) is 0 Å². The largest absolute Gasteiger partial charge is 0.334 e. The minimum Gasteiger partial charge on any atom is -0.334 e. The predicted octanol–water partition coefficient (Wildman–Crippen LogP) is 0.831. The molecule has 0 amide bonds. The number of aryl methyl sites for hydroxylation is 2. The van der Waals surface area contributed by atoms with Crippen molar-refractivity contribution in [2.75, 3.05) is 6.61 Å². The van der Waals surface area contributed by atoms with Crippen LogP contribution in [0.3, 0.4) is 0 Å². The molecule has 0 fully saturated rings. The third-order valence-electron chi connectivity index (χ3n) is 2.01. The maximum Gasteiger partial charge on any atom is 0.281 e. The van der Waals surface area contributed by atoms with Crippen LogP contribution in [0.25, 0.3) is 0 Å². The second-order valence-corrected chi connectivity index (χ2v) is 4.93. The van der Waals surface area contributed by atoms with E-state index in [9.17, 15) is 8.42 Å². The van der Waals surface area contributed by atoms with Gasteiger partial charge in [-0.05, 0) is 20.3 Å². The van der Waals surface area contributed by atoms with Crippen LogP contribution < -0.4 is 4.89 Å². The second kappa shape index (κ2) is 5.42. The molecule has 0 aliphatic heterocycles. The zero-order valence-corrected chi connectivity index (χ0v) is 10.5. The molecule has 7 heteroatoms. The molecule has 0 unspecified atom stereocenters. The summed E-state index contributed by atoms with van der Waals surface area (Å²) in [7, 11) is -3.65. The number of sulfonamides is 1. The summed E-state index contributed by atoms with van der Waals surface area (Å²) in [5.74, 6) is 0.679. The van der Waals surface area contributed by atoms with E-state index in [1.165, 1.54) is 6.20 Å². The highest BCUT2D eigenvalue weighted by Gasteiger charge is 2.18. The van der Waals surface area contributed by atoms with Crippen molar-refractivity contribution in [3.05, 3.63) is 12.0 Å². The molecule has 0 saturated heterocycles. The van der Waals surface area contributed by atoms with Gasteiger partial charge in [0, 0.05) is 12.7 Å². The van der Waals surface area contributed by atoms with Crippen molar-refractivity contribution in [1.82, 2.24) is 14.4 Å². The highest BCUT2D eigenvalue weighted by Crippen LogP contribution is 2.09. The van der Waals surface area contributed by atoms with Crippen molar-refractivity contribution in [3.8, 4) is 0 Å². The number of aromatic nitrogens is 2. The minimum atomic E-state index is -3.65. The molecule has 0 bridgehead atoms. The summed E-state index contributed by atoms with van der Waals surface area (Å²) in [6, 6.07) is 0. The van der Waals surface area contributed by atoms with Gasteiger partial charge in [-0.3, -0.25) is 4.84 Å². The Balaban J connectivity index is 2.91. The van der Waals surface area contributed by atoms with Crippen molar-refractivity contribution in [2.45, 2.75) is 38.8 Å². The summed E-state index contributed by atoms with van der Waals surface area (Å²) >= 11 is 0. The molecule has 1 N–H and O–H groups in total. The van der Waals surface area contributed by atoms with Crippen LogP contribution in [0.1, 0.15) is 26.1 Å². The molecule has 1 aromatic rings. The molecule has 0 saturated carbocycles. The number of imidazole rings is 1. The fraction of sp³-hybridized carbons (Fsp3) is 0.667. The fourth-order valence-electron chi connectivity index (χ4n) is 1.26. The van der Waals surface area contributed by atoms with Crippen LogP contribution in [-0.4, -0.2) is 24.6 Å². The molecule has 0 aliphatic rings. The van der Waals surface area contributed by atoms with Crippen molar-refractivity contribution < 1.29 is 13.3 Å². The van der Waals surface area contributed by atoms with Gasteiger partial charge in [0.25, 0.3) is 10.0 Å².